The molecule has 0 amide bonds. The van der Waals surface area contributed by atoms with Crippen LogP contribution in [-0.2, 0) is 6.54 Å². The van der Waals surface area contributed by atoms with Crippen LogP contribution in [0.25, 0.3) is 0 Å². The third-order valence-electron chi connectivity index (χ3n) is 4.39. The molecule has 2 aliphatic rings. The summed E-state index contributed by atoms with van der Waals surface area (Å²) < 4.78 is 7.19. The summed E-state index contributed by atoms with van der Waals surface area (Å²) in [4.78, 5) is 0. The molecule has 0 saturated heterocycles. The minimum Gasteiger partial charge on any atom is -0.493 e. The van der Waals surface area contributed by atoms with Crippen molar-refractivity contribution in [3.05, 3.63) is 28.2 Å². The molecule has 0 aliphatic heterocycles. The third-order valence-corrected chi connectivity index (χ3v) is 5.16. The topological polar surface area (TPSA) is 21.3 Å². The number of rotatable bonds is 6. The van der Waals surface area contributed by atoms with E-state index in [1.54, 1.807) is 0 Å². The van der Waals surface area contributed by atoms with Gasteiger partial charge in [0.2, 0.25) is 0 Å². The van der Waals surface area contributed by atoms with Gasteiger partial charge in [0.15, 0.2) is 0 Å². The van der Waals surface area contributed by atoms with Crippen molar-refractivity contribution in [2.45, 2.75) is 57.5 Å². The van der Waals surface area contributed by atoms with Crippen LogP contribution in [0.5, 0.6) is 5.75 Å². The van der Waals surface area contributed by atoms with Crippen molar-refractivity contribution in [3.8, 4) is 5.75 Å². The second-order valence-corrected chi connectivity index (χ2v) is 7.08. The van der Waals surface area contributed by atoms with Gasteiger partial charge in [0.1, 0.15) is 5.75 Å². The molecule has 0 unspecified atom stereocenters. The van der Waals surface area contributed by atoms with Crippen LogP contribution < -0.4 is 10.1 Å². The van der Waals surface area contributed by atoms with Crippen LogP contribution >= 0.6 is 15.9 Å². The zero-order valence-corrected chi connectivity index (χ0v) is 13.6. The lowest BCUT2D eigenvalue weighted by atomic mass is 9.90. The maximum Gasteiger partial charge on any atom is 0.119 e. The lowest BCUT2D eigenvalue weighted by Crippen LogP contribution is -2.17. The van der Waals surface area contributed by atoms with Crippen LogP contribution in [0.15, 0.2) is 22.7 Å². The minimum absolute atomic E-state index is 0.744. The van der Waals surface area contributed by atoms with Gasteiger partial charge in [-0.15, -0.1) is 0 Å². The smallest absolute Gasteiger partial charge is 0.119 e. The first-order valence-electron chi connectivity index (χ1n) is 7.96. The van der Waals surface area contributed by atoms with Crippen molar-refractivity contribution >= 4 is 15.9 Å². The van der Waals surface area contributed by atoms with Gasteiger partial charge in [0.25, 0.3) is 0 Å². The van der Waals surface area contributed by atoms with Gasteiger partial charge in [-0.2, -0.15) is 0 Å². The van der Waals surface area contributed by atoms with E-state index in [1.165, 1.54) is 55.0 Å². The SMILES string of the molecule is Brc1ccc(OCC2CCCCC2)cc1CNC1CC1. The Kier molecular flexibility index (Phi) is 5.00. The maximum atomic E-state index is 6.01. The van der Waals surface area contributed by atoms with Crippen LogP contribution in [0.4, 0.5) is 0 Å². The fourth-order valence-electron chi connectivity index (χ4n) is 2.89. The molecule has 2 nitrogen and oxygen atoms in total. The molecule has 1 aromatic rings. The number of ether oxygens (including phenoxy) is 1. The molecular weight excluding hydrogens is 314 g/mol. The zero-order valence-electron chi connectivity index (χ0n) is 12.0. The van der Waals surface area contributed by atoms with Crippen LogP contribution in [0.2, 0.25) is 0 Å². The molecule has 1 N–H and O–H groups in total. The van der Waals surface area contributed by atoms with Crippen LogP contribution in [0.3, 0.4) is 0 Å². The molecule has 3 heteroatoms. The van der Waals surface area contributed by atoms with E-state index in [-0.39, 0.29) is 0 Å². The van der Waals surface area contributed by atoms with E-state index in [9.17, 15) is 0 Å². The molecule has 0 atom stereocenters. The first-order valence-corrected chi connectivity index (χ1v) is 8.75. The lowest BCUT2D eigenvalue weighted by Gasteiger charge is -2.22. The summed E-state index contributed by atoms with van der Waals surface area (Å²) in [5.74, 6) is 1.78. The van der Waals surface area contributed by atoms with E-state index >= 15 is 0 Å². The molecule has 2 fully saturated rings. The Bertz CT molecular complexity index is 439. The first kappa shape index (κ1) is 14.4. The number of nitrogens with one attached hydrogen (secondary N) is 1. The molecular formula is C17H24BrNO. The average Bonchev–Trinajstić information content (AvgIpc) is 3.30. The summed E-state index contributed by atoms with van der Waals surface area (Å²) in [5.41, 5.74) is 1.30. The maximum absolute atomic E-state index is 6.01. The highest BCUT2D eigenvalue weighted by Crippen LogP contribution is 2.27. The van der Waals surface area contributed by atoms with E-state index in [0.29, 0.717) is 0 Å². The van der Waals surface area contributed by atoms with E-state index in [1.807, 2.05) is 0 Å². The highest BCUT2D eigenvalue weighted by molar-refractivity contribution is 9.10. The average molecular weight is 338 g/mol. The molecule has 2 aliphatic carbocycles. The zero-order chi connectivity index (χ0) is 13.8. The molecule has 20 heavy (non-hydrogen) atoms. The van der Waals surface area contributed by atoms with Gasteiger partial charge in [-0.05, 0) is 55.4 Å². The molecule has 110 valence electrons. The van der Waals surface area contributed by atoms with Crippen LogP contribution in [0, 0.1) is 5.92 Å². The molecule has 0 radical (unpaired) electrons. The Morgan fingerprint density at radius 2 is 1.90 bits per heavy atom. The van der Waals surface area contributed by atoms with Gasteiger partial charge >= 0.3 is 0 Å². The van der Waals surface area contributed by atoms with E-state index in [0.717, 1.165) is 30.9 Å². The molecule has 0 heterocycles. The molecule has 2 saturated carbocycles. The highest BCUT2D eigenvalue weighted by atomic mass is 79.9. The molecule has 3 rings (SSSR count). The van der Waals surface area contributed by atoms with Crippen LogP contribution in [-0.4, -0.2) is 12.6 Å². The van der Waals surface area contributed by atoms with E-state index < -0.39 is 0 Å². The summed E-state index contributed by atoms with van der Waals surface area (Å²) in [7, 11) is 0. The van der Waals surface area contributed by atoms with E-state index in [4.69, 9.17) is 4.74 Å². The normalized spacial score (nSPS) is 20.1. The van der Waals surface area contributed by atoms with Gasteiger partial charge in [-0.1, -0.05) is 35.2 Å². The summed E-state index contributed by atoms with van der Waals surface area (Å²) in [6, 6.07) is 7.12. The van der Waals surface area contributed by atoms with Gasteiger partial charge in [-0.25, -0.2) is 0 Å². The monoisotopic (exact) mass is 337 g/mol. The summed E-state index contributed by atoms with van der Waals surface area (Å²) in [6.45, 7) is 1.82. The Balaban J connectivity index is 1.53. The van der Waals surface area contributed by atoms with E-state index in [2.05, 4.69) is 39.4 Å². The minimum atomic E-state index is 0.744. The quantitative estimate of drug-likeness (QED) is 0.814. The first-order chi connectivity index (χ1) is 9.81. The highest BCUT2D eigenvalue weighted by Gasteiger charge is 2.20. The largest absolute Gasteiger partial charge is 0.493 e. The second-order valence-electron chi connectivity index (χ2n) is 6.22. The summed E-state index contributed by atoms with van der Waals surface area (Å²) in [5, 5.41) is 3.56. The van der Waals surface area contributed by atoms with Crippen molar-refractivity contribution in [2.24, 2.45) is 5.92 Å². The van der Waals surface area contributed by atoms with Crippen molar-refractivity contribution < 1.29 is 4.74 Å². The molecule has 1 aromatic carbocycles. The Morgan fingerprint density at radius 3 is 2.65 bits per heavy atom. The summed E-state index contributed by atoms with van der Waals surface area (Å²) >= 11 is 3.63. The predicted molar refractivity (Wildman–Crippen MR) is 86.1 cm³/mol. The fraction of sp³-hybridized carbons (Fsp3) is 0.647. The fourth-order valence-corrected chi connectivity index (χ4v) is 3.27. The van der Waals surface area contributed by atoms with Gasteiger partial charge in [0.05, 0.1) is 6.61 Å². The van der Waals surface area contributed by atoms with Gasteiger partial charge in [0, 0.05) is 17.1 Å². The second kappa shape index (κ2) is 6.95. The number of benzene rings is 1. The van der Waals surface area contributed by atoms with Crippen LogP contribution in [0.1, 0.15) is 50.5 Å². The molecule has 0 bridgehead atoms. The Morgan fingerprint density at radius 1 is 1.10 bits per heavy atom. The van der Waals surface area contributed by atoms with Gasteiger partial charge in [-0.3, -0.25) is 0 Å². The molecule has 0 spiro atoms. The lowest BCUT2D eigenvalue weighted by molar-refractivity contribution is 0.208. The Labute approximate surface area is 130 Å². The number of hydrogen-bond donors (Lipinski definition) is 1. The predicted octanol–water partition coefficient (Wildman–Crippen LogP) is 4.66. The van der Waals surface area contributed by atoms with Crippen molar-refractivity contribution in [2.75, 3.05) is 6.61 Å². The third kappa shape index (κ3) is 4.23. The Hall–Kier alpha value is -0.540. The summed E-state index contributed by atoms with van der Waals surface area (Å²) in [6.07, 6.45) is 9.51. The number of halogens is 1. The van der Waals surface area contributed by atoms with Crippen molar-refractivity contribution in [1.29, 1.82) is 0 Å². The molecule has 0 aromatic heterocycles. The van der Waals surface area contributed by atoms with Crippen molar-refractivity contribution in [1.82, 2.24) is 5.32 Å². The van der Waals surface area contributed by atoms with Gasteiger partial charge < -0.3 is 10.1 Å². The number of hydrogen-bond acceptors (Lipinski definition) is 2. The van der Waals surface area contributed by atoms with Crippen molar-refractivity contribution in [3.63, 3.8) is 0 Å². The standard InChI is InChI=1S/C17H24BrNO/c18-17-9-8-16(10-14(17)11-19-15-6-7-15)20-12-13-4-2-1-3-5-13/h8-10,13,15,19H,1-7,11-12H2.